The third-order valence-corrected chi connectivity index (χ3v) is 2.69. The number of carboxylic acid groups (broad SMARTS) is 1. The van der Waals surface area contributed by atoms with Crippen molar-refractivity contribution < 1.29 is 14.7 Å². The summed E-state index contributed by atoms with van der Waals surface area (Å²) < 4.78 is 0. The molecule has 5 heteroatoms. The molecule has 5 nitrogen and oxygen atoms in total. The fraction of sp³-hybridized carbons (Fsp3) is 0.375. The second kappa shape index (κ2) is 8.21. The lowest BCUT2D eigenvalue weighted by molar-refractivity contribution is -0.131. The molecule has 0 bridgehead atoms. The quantitative estimate of drug-likeness (QED) is 0.751. The van der Waals surface area contributed by atoms with E-state index in [9.17, 15) is 9.59 Å². The maximum absolute atomic E-state index is 11.7. The number of hydrogen-bond donors (Lipinski definition) is 2. The zero-order valence-electron chi connectivity index (χ0n) is 12.7. The van der Waals surface area contributed by atoms with E-state index in [4.69, 9.17) is 5.11 Å². The Morgan fingerprint density at radius 2 is 2.10 bits per heavy atom. The summed E-state index contributed by atoms with van der Waals surface area (Å²) in [4.78, 5) is 24.1. The molecule has 0 saturated heterocycles. The zero-order chi connectivity index (χ0) is 15.8. The van der Waals surface area contributed by atoms with E-state index in [0.717, 1.165) is 17.2 Å². The maximum atomic E-state index is 11.7. The number of rotatable bonds is 7. The number of hydrogen-bond acceptors (Lipinski definition) is 3. The van der Waals surface area contributed by atoms with Crippen molar-refractivity contribution in [1.82, 2.24) is 10.2 Å². The van der Waals surface area contributed by atoms with Gasteiger partial charge in [-0.15, -0.1) is 0 Å². The van der Waals surface area contributed by atoms with E-state index in [0.29, 0.717) is 13.1 Å². The molecular weight excluding hydrogens is 268 g/mol. The molecule has 0 aliphatic heterocycles. The van der Waals surface area contributed by atoms with Crippen molar-refractivity contribution in [3.8, 4) is 0 Å². The standard InChI is InChI=1S/C16H22N2O3/c1-12(2)17-15(19)11-18(3)10-14-6-4-5-13(9-14)7-8-16(20)21/h4-9,12H,10-11H2,1-3H3,(H,17,19)(H,20,21). The predicted octanol–water partition coefficient (Wildman–Crippen LogP) is 1.74. The summed E-state index contributed by atoms with van der Waals surface area (Å²) in [5.74, 6) is -0.975. The highest BCUT2D eigenvalue weighted by atomic mass is 16.4. The Hall–Kier alpha value is -2.14. The Labute approximate surface area is 125 Å². The fourth-order valence-electron chi connectivity index (χ4n) is 1.94. The number of nitrogens with zero attached hydrogens (tertiary/aromatic N) is 1. The van der Waals surface area contributed by atoms with E-state index in [1.165, 1.54) is 0 Å². The van der Waals surface area contributed by atoms with Crippen molar-refractivity contribution in [3.05, 3.63) is 41.5 Å². The second-order valence-corrected chi connectivity index (χ2v) is 5.31. The third-order valence-electron chi connectivity index (χ3n) is 2.69. The molecule has 1 amide bonds. The lowest BCUT2D eigenvalue weighted by atomic mass is 10.1. The van der Waals surface area contributed by atoms with Crippen LogP contribution in [0.3, 0.4) is 0 Å². The van der Waals surface area contributed by atoms with Gasteiger partial charge in [-0.1, -0.05) is 24.3 Å². The smallest absolute Gasteiger partial charge is 0.328 e. The Morgan fingerprint density at radius 3 is 2.71 bits per heavy atom. The summed E-state index contributed by atoms with van der Waals surface area (Å²) in [5, 5.41) is 11.5. The fourth-order valence-corrected chi connectivity index (χ4v) is 1.94. The molecule has 0 aromatic heterocycles. The highest BCUT2D eigenvalue weighted by Crippen LogP contribution is 2.09. The highest BCUT2D eigenvalue weighted by molar-refractivity contribution is 5.85. The highest BCUT2D eigenvalue weighted by Gasteiger charge is 2.08. The van der Waals surface area contributed by atoms with Crippen LogP contribution in [0.1, 0.15) is 25.0 Å². The minimum atomic E-state index is -0.970. The number of carboxylic acids is 1. The van der Waals surface area contributed by atoms with Crippen LogP contribution in [0.2, 0.25) is 0 Å². The van der Waals surface area contributed by atoms with Gasteiger partial charge in [-0.2, -0.15) is 0 Å². The molecule has 0 saturated carbocycles. The number of amides is 1. The average molecular weight is 290 g/mol. The van der Waals surface area contributed by atoms with Gasteiger partial charge in [0, 0.05) is 18.7 Å². The van der Waals surface area contributed by atoms with Crippen LogP contribution < -0.4 is 5.32 Å². The molecule has 0 heterocycles. The zero-order valence-corrected chi connectivity index (χ0v) is 12.7. The van der Waals surface area contributed by atoms with E-state index in [1.54, 1.807) is 6.08 Å². The van der Waals surface area contributed by atoms with Crippen molar-refractivity contribution in [3.63, 3.8) is 0 Å². The van der Waals surface area contributed by atoms with Gasteiger partial charge in [0.05, 0.1) is 6.54 Å². The van der Waals surface area contributed by atoms with Crippen LogP contribution in [0.5, 0.6) is 0 Å². The van der Waals surface area contributed by atoms with Crippen LogP contribution in [0.25, 0.3) is 6.08 Å². The number of carbonyl (C=O) groups excluding carboxylic acids is 1. The first-order valence-corrected chi connectivity index (χ1v) is 6.84. The monoisotopic (exact) mass is 290 g/mol. The van der Waals surface area contributed by atoms with E-state index < -0.39 is 5.97 Å². The molecule has 0 aliphatic rings. The number of likely N-dealkylation sites (N-methyl/N-ethyl adjacent to an activating group) is 1. The first-order valence-electron chi connectivity index (χ1n) is 6.84. The van der Waals surface area contributed by atoms with Crippen molar-refractivity contribution in [2.24, 2.45) is 0 Å². The van der Waals surface area contributed by atoms with E-state index in [2.05, 4.69) is 5.32 Å². The van der Waals surface area contributed by atoms with Gasteiger partial charge in [-0.05, 0) is 38.1 Å². The molecule has 0 radical (unpaired) electrons. The van der Waals surface area contributed by atoms with Gasteiger partial charge in [-0.3, -0.25) is 9.69 Å². The van der Waals surface area contributed by atoms with Crippen LogP contribution in [0.15, 0.2) is 30.3 Å². The van der Waals surface area contributed by atoms with Gasteiger partial charge in [-0.25, -0.2) is 4.79 Å². The summed E-state index contributed by atoms with van der Waals surface area (Å²) in [6, 6.07) is 7.72. The van der Waals surface area contributed by atoms with Crippen LogP contribution in [-0.2, 0) is 16.1 Å². The Kier molecular flexibility index (Phi) is 6.62. The van der Waals surface area contributed by atoms with Gasteiger partial charge in [0.2, 0.25) is 5.91 Å². The van der Waals surface area contributed by atoms with Crippen LogP contribution >= 0.6 is 0 Å². The number of carbonyl (C=O) groups is 2. The minimum absolute atomic E-state index is 0.00516. The largest absolute Gasteiger partial charge is 0.478 e. The number of nitrogens with one attached hydrogen (secondary N) is 1. The molecule has 1 rings (SSSR count). The Bertz CT molecular complexity index is 524. The molecule has 2 N–H and O–H groups in total. The van der Waals surface area contributed by atoms with Gasteiger partial charge < -0.3 is 10.4 Å². The average Bonchev–Trinajstić information content (AvgIpc) is 2.35. The molecular formula is C16H22N2O3. The van der Waals surface area contributed by atoms with E-state index in [-0.39, 0.29) is 11.9 Å². The molecule has 0 atom stereocenters. The number of benzene rings is 1. The van der Waals surface area contributed by atoms with E-state index in [1.807, 2.05) is 50.1 Å². The first kappa shape index (κ1) is 16.9. The normalized spacial score (nSPS) is 11.3. The van der Waals surface area contributed by atoms with Crippen LogP contribution in [-0.4, -0.2) is 41.5 Å². The van der Waals surface area contributed by atoms with Crippen molar-refractivity contribution in [1.29, 1.82) is 0 Å². The molecule has 0 fully saturated rings. The third kappa shape index (κ3) is 7.27. The lowest BCUT2D eigenvalue weighted by Gasteiger charge is -2.17. The molecule has 114 valence electrons. The van der Waals surface area contributed by atoms with E-state index >= 15 is 0 Å². The predicted molar refractivity (Wildman–Crippen MR) is 82.7 cm³/mol. The summed E-state index contributed by atoms with van der Waals surface area (Å²) >= 11 is 0. The van der Waals surface area contributed by atoms with Crippen molar-refractivity contribution in [2.45, 2.75) is 26.4 Å². The second-order valence-electron chi connectivity index (χ2n) is 5.31. The molecule has 0 spiro atoms. The molecule has 1 aromatic rings. The lowest BCUT2D eigenvalue weighted by Crippen LogP contribution is -2.38. The number of aliphatic carboxylic acids is 1. The first-order chi connectivity index (χ1) is 9.86. The summed E-state index contributed by atoms with van der Waals surface area (Å²) in [5.41, 5.74) is 1.86. The van der Waals surface area contributed by atoms with Crippen molar-refractivity contribution >= 4 is 18.0 Å². The SMILES string of the molecule is CC(C)NC(=O)CN(C)Cc1cccc(C=CC(=O)O)c1. The van der Waals surface area contributed by atoms with Gasteiger partial charge in [0.1, 0.15) is 0 Å². The maximum Gasteiger partial charge on any atom is 0.328 e. The Morgan fingerprint density at radius 1 is 1.38 bits per heavy atom. The topological polar surface area (TPSA) is 69.6 Å². The molecule has 0 aliphatic carbocycles. The summed E-state index contributed by atoms with van der Waals surface area (Å²) in [7, 11) is 1.87. The summed E-state index contributed by atoms with van der Waals surface area (Å²) in [6.07, 6.45) is 2.66. The minimum Gasteiger partial charge on any atom is -0.478 e. The Balaban J connectivity index is 2.60. The van der Waals surface area contributed by atoms with Crippen LogP contribution in [0, 0.1) is 0 Å². The van der Waals surface area contributed by atoms with Gasteiger partial charge >= 0.3 is 5.97 Å². The summed E-state index contributed by atoms with van der Waals surface area (Å²) in [6.45, 7) is 4.81. The van der Waals surface area contributed by atoms with Gasteiger partial charge in [0.25, 0.3) is 0 Å². The molecule has 21 heavy (non-hydrogen) atoms. The van der Waals surface area contributed by atoms with Crippen LogP contribution in [0.4, 0.5) is 0 Å². The molecule has 0 unspecified atom stereocenters. The molecule has 1 aromatic carbocycles. The van der Waals surface area contributed by atoms with Crippen molar-refractivity contribution in [2.75, 3.05) is 13.6 Å². The van der Waals surface area contributed by atoms with Gasteiger partial charge in [0.15, 0.2) is 0 Å².